The summed E-state index contributed by atoms with van der Waals surface area (Å²) in [6.45, 7) is 3.05. The number of hydrogen-bond acceptors (Lipinski definition) is 5. The number of unbranched alkanes of at least 4 members (excludes halogenated alkanes) is 2. The van der Waals surface area contributed by atoms with Crippen molar-refractivity contribution in [3.63, 3.8) is 0 Å². The molecule has 1 aromatic carbocycles. The number of carbonyl (C=O) groups excluding carboxylic acids is 2. The van der Waals surface area contributed by atoms with Crippen molar-refractivity contribution in [1.29, 1.82) is 0 Å². The van der Waals surface area contributed by atoms with Crippen LogP contribution in [0.4, 0.5) is 0 Å². The smallest absolute Gasteiger partial charge is 0.305 e. The predicted molar refractivity (Wildman–Crippen MR) is 94.9 cm³/mol. The highest BCUT2D eigenvalue weighted by Crippen LogP contribution is 2.15. The quantitative estimate of drug-likeness (QED) is 0.387. The highest BCUT2D eigenvalue weighted by atomic mass is 79.9. The third-order valence-corrected chi connectivity index (χ3v) is 3.73. The largest absolute Gasteiger partial charge is 0.490 e. The van der Waals surface area contributed by atoms with Gasteiger partial charge in [-0.25, -0.2) is 0 Å². The Morgan fingerprint density at radius 3 is 2.12 bits per heavy atom. The lowest BCUT2D eigenvalue weighted by Crippen LogP contribution is -2.13. The zero-order valence-electron chi connectivity index (χ0n) is 14.1. The maximum absolute atomic E-state index is 11.5. The maximum Gasteiger partial charge on any atom is 0.305 e. The van der Waals surface area contributed by atoms with Crippen LogP contribution in [0.5, 0.6) is 5.75 Å². The first-order valence-electron chi connectivity index (χ1n) is 8.31. The van der Waals surface area contributed by atoms with E-state index in [-0.39, 0.29) is 31.4 Å². The summed E-state index contributed by atoms with van der Waals surface area (Å²) < 4.78 is 16.5. The lowest BCUT2D eigenvalue weighted by atomic mass is 10.2. The van der Waals surface area contributed by atoms with Gasteiger partial charge in [0.15, 0.2) is 0 Å². The van der Waals surface area contributed by atoms with Gasteiger partial charge >= 0.3 is 11.9 Å². The summed E-state index contributed by atoms with van der Waals surface area (Å²) in [6.07, 6.45) is 3.94. The molecule has 0 atom stereocenters. The maximum atomic E-state index is 11.5. The van der Waals surface area contributed by atoms with Crippen molar-refractivity contribution in [2.45, 2.75) is 45.4 Å². The van der Waals surface area contributed by atoms with Gasteiger partial charge in [-0.15, -0.1) is 0 Å². The van der Waals surface area contributed by atoms with Crippen LogP contribution in [0.2, 0.25) is 0 Å². The monoisotopic (exact) mass is 400 g/mol. The molecule has 0 amide bonds. The van der Waals surface area contributed by atoms with E-state index in [4.69, 9.17) is 14.2 Å². The fourth-order valence-electron chi connectivity index (χ4n) is 1.91. The van der Waals surface area contributed by atoms with Crippen molar-refractivity contribution in [2.24, 2.45) is 0 Å². The highest BCUT2D eigenvalue weighted by Gasteiger charge is 2.07. The first-order chi connectivity index (χ1) is 11.6. The standard InChI is InChI=1S/C18H25BrO5/c1-2-3-4-12-23-17(20)6-5-7-18(21)24-14-13-22-16-10-8-15(19)9-11-16/h8-11H,2-7,12-14H2,1H3. The van der Waals surface area contributed by atoms with E-state index in [1.54, 1.807) is 0 Å². The van der Waals surface area contributed by atoms with Gasteiger partial charge in [-0.3, -0.25) is 9.59 Å². The van der Waals surface area contributed by atoms with E-state index in [1.807, 2.05) is 24.3 Å². The van der Waals surface area contributed by atoms with Crippen LogP contribution < -0.4 is 4.74 Å². The van der Waals surface area contributed by atoms with Crippen molar-refractivity contribution < 1.29 is 23.8 Å². The summed E-state index contributed by atoms with van der Waals surface area (Å²) >= 11 is 3.34. The van der Waals surface area contributed by atoms with Crippen LogP contribution in [0.15, 0.2) is 28.7 Å². The lowest BCUT2D eigenvalue weighted by molar-refractivity contribution is -0.145. The molecule has 0 radical (unpaired) electrons. The van der Waals surface area contributed by atoms with E-state index in [2.05, 4.69) is 22.9 Å². The summed E-state index contributed by atoms with van der Waals surface area (Å²) in [5.41, 5.74) is 0. The number of rotatable bonds is 12. The van der Waals surface area contributed by atoms with Crippen LogP contribution in [0, 0.1) is 0 Å². The summed E-state index contributed by atoms with van der Waals surface area (Å²) in [4.78, 5) is 23.0. The number of ether oxygens (including phenoxy) is 3. The molecule has 0 spiro atoms. The minimum atomic E-state index is -0.326. The molecule has 0 aliphatic heterocycles. The predicted octanol–water partition coefficient (Wildman–Crippen LogP) is 4.27. The van der Waals surface area contributed by atoms with E-state index >= 15 is 0 Å². The lowest BCUT2D eigenvalue weighted by Gasteiger charge is -2.07. The number of benzene rings is 1. The van der Waals surface area contributed by atoms with Gasteiger partial charge in [0.05, 0.1) is 6.61 Å². The van der Waals surface area contributed by atoms with Crippen LogP contribution in [0.25, 0.3) is 0 Å². The van der Waals surface area contributed by atoms with E-state index in [0.29, 0.717) is 19.6 Å². The van der Waals surface area contributed by atoms with Crippen molar-refractivity contribution in [2.75, 3.05) is 19.8 Å². The van der Waals surface area contributed by atoms with Gasteiger partial charge in [-0.05, 0) is 37.1 Å². The van der Waals surface area contributed by atoms with Gasteiger partial charge in [-0.1, -0.05) is 35.7 Å². The van der Waals surface area contributed by atoms with Crippen molar-refractivity contribution in [1.82, 2.24) is 0 Å². The topological polar surface area (TPSA) is 61.8 Å². The first-order valence-corrected chi connectivity index (χ1v) is 9.10. The van der Waals surface area contributed by atoms with Crippen LogP contribution in [0.3, 0.4) is 0 Å². The summed E-state index contributed by atoms with van der Waals surface area (Å²) in [5, 5.41) is 0. The second kappa shape index (κ2) is 12.8. The van der Waals surface area contributed by atoms with Crippen molar-refractivity contribution in [3.8, 4) is 5.75 Å². The van der Waals surface area contributed by atoms with Gasteiger partial charge in [0.25, 0.3) is 0 Å². The molecule has 0 aliphatic rings. The Bertz CT molecular complexity index is 487. The normalized spacial score (nSPS) is 10.2. The van der Waals surface area contributed by atoms with Gasteiger partial charge in [0.1, 0.15) is 19.0 Å². The summed E-state index contributed by atoms with van der Waals surface area (Å²) in [6, 6.07) is 7.42. The SMILES string of the molecule is CCCCCOC(=O)CCCC(=O)OCCOc1ccc(Br)cc1. The molecule has 0 N–H and O–H groups in total. The fraction of sp³-hybridized carbons (Fsp3) is 0.556. The second-order valence-electron chi connectivity index (χ2n) is 5.30. The minimum absolute atomic E-state index is 0.191. The molecule has 0 aliphatic carbocycles. The molecule has 24 heavy (non-hydrogen) atoms. The van der Waals surface area contributed by atoms with E-state index < -0.39 is 0 Å². The van der Waals surface area contributed by atoms with E-state index in [1.165, 1.54) is 0 Å². The average Bonchev–Trinajstić information content (AvgIpc) is 2.57. The molecule has 1 rings (SSSR count). The molecule has 0 saturated carbocycles. The van der Waals surface area contributed by atoms with Crippen LogP contribution in [0.1, 0.15) is 45.4 Å². The van der Waals surface area contributed by atoms with Crippen molar-refractivity contribution >= 4 is 27.9 Å². The highest BCUT2D eigenvalue weighted by molar-refractivity contribution is 9.10. The Hall–Kier alpha value is -1.56. The molecule has 6 heteroatoms. The molecule has 0 fully saturated rings. The zero-order valence-corrected chi connectivity index (χ0v) is 15.7. The zero-order chi connectivity index (χ0) is 17.6. The molecule has 0 aromatic heterocycles. The van der Waals surface area contributed by atoms with Crippen molar-refractivity contribution in [3.05, 3.63) is 28.7 Å². The Morgan fingerprint density at radius 1 is 0.875 bits per heavy atom. The van der Waals surface area contributed by atoms with Gasteiger partial charge in [0.2, 0.25) is 0 Å². The molecule has 0 bridgehead atoms. The average molecular weight is 401 g/mol. The Kier molecular flexibility index (Phi) is 10.9. The minimum Gasteiger partial charge on any atom is -0.490 e. The Labute approximate surface area is 151 Å². The molecule has 134 valence electrons. The number of esters is 2. The first kappa shape index (κ1) is 20.5. The second-order valence-corrected chi connectivity index (χ2v) is 6.22. The Morgan fingerprint density at radius 2 is 1.50 bits per heavy atom. The van der Waals surface area contributed by atoms with Crippen LogP contribution >= 0.6 is 15.9 Å². The van der Waals surface area contributed by atoms with Gasteiger partial charge in [-0.2, -0.15) is 0 Å². The third-order valence-electron chi connectivity index (χ3n) is 3.20. The molecule has 1 aromatic rings. The number of halogens is 1. The molecular formula is C18H25BrO5. The molecule has 0 saturated heterocycles. The number of carbonyl (C=O) groups is 2. The third kappa shape index (κ3) is 10.3. The van der Waals surface area contributed by atoms with E-state index in [0.717, 1.165) is 29.5 Å². The molecular weight excluding hydrogens is 376 g/mol. The van der Waals surface area contributed by atoms with E-state index in [9.17, 15) is 9.59 Å². The molecule has 0 heterocycles. The number of hydrogen-bond donors (Lipinski definition) is 0. The Balaban J connectivity index is 1.99. The molecule has 5 nitrogen and oxygen atoms in total. The fourth-order valence-corrected chi connectivity index (χ4v) is 2.17. The summed E-state index contributed by atoms with van der Waals surface area (Å²) in [7, 11) is 0. The van der Waals surface area contributed by atoms with Crippen LogP contribution in [-0.2, 0) is 19.1 Å². The molecule has 0 unspecified atom stereocenters. The van der Waals surface area contributed by atoms with Gasteiger partial charge < -0.3 is 14.2 Å². The van der Waals surface area contributed by atoms with Crippen LogP contribution in [-0.4, -0.2) is 31.8 Å². The van der Waals surface area contributed by atoms with Gasteiger partial charge in [0, 0.05) is 17.3 Å². The summed E-state index contributed by atoms with van der Waals surface area (Å²) in [5.74, 6) is 0.144.